The van der Waals surface area contributed by atoms with Gasteiger partial charge >= 0.3 is 0 Å². The van der Waals surface area contributed by atoms with E-state index in [-0.39, 0.29) is 6.10 Å². The Kier molecular flexibility index (Phi) is 5.85. The lowest BCUT2D eigenvalue weighted by Gasteiger charge is -2.33. The number of nitrogens with zero attached hydrogens (tertiary/aromatic N) is 2. The minimum absolute atomic E-state index is 0.188. The quantitative estimate of drug-likeness (QED) is 0.740. The Balaban J connectivity index is 2.19. The first-order valence-electron chi connectivity index (χ1n) is 6.29. The van der Waals surface area contributed by atoms with Crippen LogP contribution in [0.2, 0.25) is 0 Å². The highest BCUT2D eigenvalue weighted by Gasteiger charge is 2.22. The first-order valence-corrected chi connectivity index (χ1v) is 8.14. The molecule has 0 spiro atoms. The molecule has 17 heavy (non-hydrogen) atoms. The third kappa shape index (κ3) is 5.33. The van der Waals surface area contributed by atoms with E-state index in [2.05, 4.69) is 4.90 Å². The molecule has 1 fully saturated rings. The van der Waals surface area contributed by atoms with Gasteiger partial charge in [0, 0.05) is 26.2 Å². The van der Waals surface area contributed by atoms with Crippen molar-refractivity contribution in [3.05, 3.63) is 0 Å². The summed E-state index contributed by atoms with van der Waals surface area (Å²) in [6, 6.07) is 0. The molecule has 0 aromatic rings. The smallest absolute Gasteiger partial charge is 0.211 e. The van der Waals surface area contributed by atoms with E-state index in [0.717, 1.165) is 38.9 Å². The summed E-state index contributed by atoms with van der Waals surface area (Å²) in [6.45, 7) is 5.72. The maximum atomic E-state index is 11.3. The normalized spacial score (nSPS) is 21.6. The summed E-state index contributed by atoms with van der Waals surface area (Å²) in [5.74, 6) is 0. The molecule has 0 aliphatic carbocycles. The molecule has 1 unspecified atom stereocenters. The van der Waals surface area contributed by atoms with Gasteiger partial charge in [0.25, 0.3) is 0 Å². The summed E-state index contributed by atoms with van der Waals surface area (Å²) in [7, 11) is -3.02. The highest BCUT2D eigenvalue weighted by molar-refractivity contribution is 7.88. The van der Waals surface area contributed by atoms with Crippen LogP contribution in [0.5, 0.6) is 0 Å². The molecule has 5 nitrogen and oxygen atoms in total. The number of hydrogen-bond acceptors (Lipinski definition) is 4. The van der Waals surface area contributed by atoms with Gasteiger partial charge in [-0.05, 0) is 25.8 Å². The van der Waals surface area contributed by atoms with E-state index >= 15 is 0 Å². The molecule has 102 valence electrons. The van der Waals surface area contributed by atoms with Crippen LogP contribution in [0.25, 0.3) is 0 Å². The SMILES string of the molecule is CCC(O)CCCN1CCN(S(C)(=O)=O)CC1. The van der Waals surface area contributed by atoms with Crippen molar-refractivity contribution in [2.24, 2.45) is 0 Å². The molecule has 0 saturated carbocycles. The molecule has 1 saturated heterocycles. The Labute approximate surface area is 104 Å². The molecule has 0 aromatic carbocycles. The maximum Gasteiger partial charge on any atom is 0.211 e. The van der Waals surface area contributed by atoms with E-state index in [1.165, 1.54) is 10.6 Å². The van der Waals surface area contributed by atoms with Gasteiger partial charge in [-0.3, -0.25) is 0 Å². The van der Waals surface area contributed by atoms with Crippen LogP contribution in [-0.4, -0.2) is 67.8 Å². The minimum atomic E-state index is -3.02. The Morgan fingerprint density at radius 1 is 1.24 bits per heavy atom. The summed E-state index contributed by atoms with van der Waals surface area (Å²) in [5.41, 5.74) is 0. The third-order valence-electron chi connectivity index (χ3n) is 3.28. The molecule has 1 aliphatic rings. The average molecular weight is 264 g/mol. The zero-order valence-corrected chi connectivity index (χ0v) is 11.6. The molecular formula is C11H24N2O3S. The van der Waals surface area contributed by atoms with Crippen LogP contribution in [0.3, 0.4) is 0 Å². The number of hydrogen-bond donors (Lipinski definition) is 1. The van der Waals surface area contributed by atoms with Crippen LogP contribution < -0.4 is 0 Å². The molecule has 0 bridgehead atoms. The molecule has 0 amide bonds. The summed E-state index contributed by atoms with van der Waals surface area (Å²) in [6.07, 6.45) is 3.70. The van der Waals surface area contributed by atoms with Crippen LogP contribution in [0.4, 0.5) is 0 Å². The lowest BCUT2D eigenvalue weighted by atomic mass is 10.1. The summed E-state index contributed by atoms with van der Waals surface area (Å²) in [5, 5.41) is 9.43. The Bertz CT molecular complexity index is 311. The predicted octanol–water partition coefficient (Wildman–Crippen LogP) is 0.115. The molecule has 1 N–H and O–H groups in total. The standard InChI is InChI=1S/C11H24N2O3S/c1-3-11(14)5-4-6-12-7-9-13(10-8-12)17(2,15)16/h11,14H,3-10H2,1-2H3. The van der Waals surface area contributed by atoms with Crippen LogP contribution in [0.1, 0.15) is 26.2 Å². The van der Waals surface area contributed by atoms with E-state index in [9.17, 15) is 13.5 Å². The fourth-order valence-electron chi connectivity index (χ4n) is 2.04. The van der Waals surface area contributed by atoms with E-state index in [4.69, 9.17) is 0 Å². The first-order chi connectivity index (χ1) is 7.93. The van der Waals surface area contributed by atoms with Gasteiger partial charge in [0.15, 0.2) is 0 Å². The first kappa shape index (κ1) is 14.9. The highest BCUT2D eigenvalue weighted by atomic mass is 32.2. The second-order valence-electron chi connectivity index (χ2n) is 4.71. The van der Waals surface area contributed by atoms with E-state index < -0.39 is 10.0 Å². The number of sulfonamides is 1. The molecule has 1 heterocycles. The monoisotopic (exact) mass is 264 g/mol. The summed E-state index contributed by atoms with van der Waals surface area (Å²) < 4.78 is 24.2. The molecule has 0 radical (unpaired) electrons. The number of rotatable bonds is 6. The van der Waals surface area contributed by atoms with E-state index in [1.807, 2.05) is 6.92 Å². The lowest BCUT2D eigenvalue weighted by Crippen LogP contribution is -2.48. The Hall–Kier alpha value is -0.170. The fraction of sp³-hybridized carbons (Fsp3) is 1.00. The number of piperazine rings is 1. The molecule has 1 atom stereocenters. The highest BCUT2D eigenvalue weighted by Crippen LogP contribution is 2.08. The molecular weight excluding hydrogens is 240 g/mol. The average Bonchev–Trinajstić information content (AvgIpc) is 2.28. The largest absolute Gasteiger partial charge is 0.393 e. The van der Waals surface area contributed by atoms with Crippen LogP contribution >= 0.6 is 0 Å². The van der Waals surface area contributed by atoms with Crippen LogP contribution in [0.15, 0.2) is 0 Å². The summed E-state index contributed by atoms with van der Waals surface area (Å²) in [4.78, 5) is 2.27. The second kappa shape index (κ2) is 6.68. The maximum absolute atomic E-state index is 11.3. The van der Waals surface area contributed by atoms with Crippen molar-refractivity contribution in [3.63, 3.8) is 0 Å². The van der Waals surface area contributed by atoms with Gasteiger partial charge in [0.05, 0.1) is 12.4 Å². The van der Waals surface area contributed by atoms with E-state index in [0.29, 0.717) is 13.1 Å². The van der Waals surface area contributed by atoms with Gasteiger partial charge in [-0.2, -0.15) is 4.31 Å². The van der Waals surface area contributed by atoms with Crippen molar-refractivity contribution in [2.45, 2.75) is 32.3 Å². The number of aliphatic hydroxyl groups excluding tert-OH is 1. The third-order valence-corrected chi connectivity index (χ3v) is 4.59. The molecule has 1 aliphatic heterocycles. The zero-order valence-electron chi connectivity index (χ0n) is 10.8. The van der Waals surface area contributed by atoms with Crippen molar-refractivity contribution in [2.75, 3.05) is 39.0 Å². The van der Waals surface area contributed by atoms with Crippen molar-refractivity contribution < 1.29 is 13.5 Å². The van der Waals surface area contributed by atoms with Crippen LogP contribution in [0, 0.1) is 0 Å². The van der Waals surface area contributed by atoms with Gasteiger partial charge in [-0.15, -0.1) is 0 Å². The Morgan fingerprint density at radius 3 is 2.29 bits per heavy atom. The molecule has 6 heteroatoms. The van der Waals surface area contributed by atoms with Gasteiger partial charge in [0.2, 0.25) is 10.0 Å². The van der Waals surface area contributed by atoms with Gasteiger partial charge in [-0.1, -0.05) is 6.92 Å². The van der Waals surface area contributed by atoms with Crippen LogP contribution in [-0.2, 0) is 10.0 Å². The summed E-state index contributed by atoms with van der Waals surface area (Å²) >= 11 is 0. The fourth-order valence-corrected chi connectivity index (χ4v) is 2.87. The lowest BCUT2D eigenvalue weighted by molar-refractivity contribution is 0.140. The number of aliphatic hydroxyl groups is 1. The minimum Gasteiger partial charge on any atom is -0.393 e. The van der Waals surface area contributed by atoms with Gasteiger partial charge < -0.3 is 10.0 Å². The van der Waals surface area contributed by atoms with Gasteiger partial charge in [-0.25, -0.2) is 8.42 Å². The topological polar surface area (TPSA) is 60.9 Å². The van der Waals surface area contributed by atoms with Crippen molar-refractivity contribution in [3.8, 4) is 0 Å². The predicted molar refractivity (Wildman–Crippen MR) is 68.4 cm³/mol. The van der Waals surface area contributed by atoms with E-state index in [1.54, 1.807) is 0 Å². The van der Waals surface area contributed by atoms with Crippen molar-refractivity contribution in [1.82, 2.24) is 9.21 Å². The molecule has 1 rings (SSSR count). The Morgan fingerprint density at radius 2 is 1.82 bits per heavy atom. The van der Waals surface area contributed by atoms with Crippen molar-refractivity contribution in [1.29, 1.82) is 0 Å². The zero-order chi connectivity index (χ0) is 12.9. The second-order valence-corrected chi connectivity index (χ2v) is 6.69. The van der Waals surface area contributed by atoms with Gasteiger partial charge in [0.1, 0.15) is 0 Å². The molecule has 0 aromatic heterocycles. The van der Waals surface area contributed by atoms with Crippen molar-refractivity contribution >= 4 is 10.0 Å².